The van der Waals surface area contributed by atoms with Crippen LogP contribution in [0.4, 0.5) is 0 Å². The molecule has 0 saturated carbocycles. The second-order valence-electron chi connectivity index (χ2n) is 3.97. The van der Waals surface area contributed by atoms with Gasteiger partial charge in [0.25, 0.3) is 0 Å². The lowest BCUT2D eigenvalue weighted by atomic mass is 10.2. The predicted molar refractivity (Wildman–Crippen MR) is 55.0 cm³/mol. The lowest BCUT2D eigenvalue weighted by molar-refractivity contribution is 0.257. The molecule has 1 fully saturated rings. The van der Waals surface area contributed by atoms with E-state index in [0.29, 0.717) is 6.04 Å². The van der Waals surface area contributed by atoms with Crippen molar-refractivity contribution in [3.05, 3.63) is 24.0 Å². The Hall–Kier alpha value is -1.09. The SMILES string of the molecule is CC1CCCN1Cc1ccc(O)cn1. The van der Waals surface area contributed by atoms with Crippen molar-refractivity contribution in [2.24, 2.45) is 0 Å². The summed E-state index contributed by atoms with van der Waals surface area (Å²) < 4.78 is 0. The highest BCUT2D eigenvalue weighted by Gasteiger charge is 2.20. The summed E-state index contributed by atoms with van der Waals surface area (Å²) in [6, 6.07) is 4.26. The fraction of sp³-hybridized carbons (Fsp3) is 0.545. The highest BCUT2D eigenvalue weighted by Crippen LogP contribution is 2.19. The summed E-state index contributed by atoms with van der Waals surface area (Å²) >= 11 is 0. The summed E-state index contributed by atoms with van der Waals surface area (Å²) in [5.41, 5.74) is 1.04. The summed E-state index contributed by atoms with van der Waals surface area (Å²) in [6.45, 7) is 4.33. The molecule has 1 saturated heterocycles. The van der Waals surface area contributed by atoms with Gasteiger partial charge in [-0.15, -0.1) is 0 Å². The van der Waals surface area contributed by atoms with Gasteiger partial charge in [0.2, 0.25) is 0 Å². The maximum absolute atomic E-state index is 9.09. The van der Waals surface area contributed by atoms with Crippen molar-refractivity contribution in [1.29, 1.82) is 0 Å². The van der Waals surface area contributed by atoms with E-state index in [1.165, 1.54) is 25.6 Å². The van der Waals surface area contributed by atoms with E-state index in [1.807, 2.05) is 6.07 Å². The van der Waals surface area contributed by atoms with Gasteiger partial charge in [-0.1, -0.05) is 0 Å². The van der Waals surface area contributed by atoms with Gasteiger partial charge in [-0.05, 0) is 38.4 Å². The smallest absolute Gasteiger partial charge is 0.133 e. The third-order valence-electron chi connectivity index (χ3n) is 2.86. The van der Waals surface area contributed by atoms with Gasteiger partial charge in [0.1, 0.15) is 5.75 Å². The van der Waals surface area contributed by atoms with Crippen molar-refractivity contribution < 1.29 is 5.11 Å². The van der Waals surface area contributed by atoms with Gasteiger partial charge in [-0.3, -0.25) is 9.88 Å². The van der Waals surface area contributed by atoms with Gasteiger partial charge in [-0.2, -0.15) is 0 Å². The zero-order valence-electron chi connectivity index (χ0n) is 8.48. The van der Waals surface area contributed by atoms with E-state index in [9.17, 15) is 0 Å². The van der Waals surface area contributed by atoms with Gasteiger partial charge in [0.15, 0.2) is 0 Å². The Labute approximate surface area is 84.4 Å². The fourth-order valence-corrected chi connectivity index (χ4v) is 1.95. The van der Waals surface area contributed by atoms with Gasteiger partial charge >= 0.3 is 0 Å². The van der Waals surface area contributed by atoms with Crippen molar-refractivity contribution in [3.63, 3.8) is 0 Å². The Balaban J connectivity index is 2.00. The molecule has 76 valence electrons. The van der Waals surface area contributed by atoms with Crippen molar-refractivity contribution in [2.75, 3.05) is 6.54 Å². The monoisotopic (exact) mass is 192 g/mol. The van der Waals surface area contributed by atoms with E-state index in [2.05, 4.69) is 16.8 Å². The third kappa shape index (κ3) is 2.04. The molecule has 1 aromatic rings. The Kier molecular flexibility index (Phi) is 2.68. The minimum Gasteiger partial charge on any atom is -0.506 e. The molecule has 1 aliphatic heterocycles. The first kappa shape index (κ1) is 9.46. The Morgan fingerprint density at radius 1 is 1.57 bits per heavy atom. The van der Waals surface area contributed by atoms with E-state index in [0.717, 1.165) is 12.2 Å². The maximum Gasteiger partial charge on any atom is 0.133 e. The topological polar surface area (TPSA) is 36.4 Å². The van der Waals surface area contributed by atoms with Crippen LogP contribution in [0, 0.1) is 0 Å². The van der Waals surface area contributed by atoms with E-state index >= 15 is 0 Å². The minimum absolute atomic E-state index is 0.239. The van der Waals surface area contributed by atoms with Crippen LogP contribution < -0.4 is 0 Å². The summed E-state index contributed by atoms with van der Waals surface area (Å²) in [4.78, 5) is 6.61. The molecule has 14 heavy (non-hydrogen) atoms. The van der Waals surface area contributed by atoms with Crippen LogP contribution >= 0.6 is 0 Å². The molecule has 0 spiro atoms. The predicted octanol–water partition coefficient (Wildman–Crippen LogP) is 1.77. The quantitative estimate of drug-likeness (QED) is 0.775. The number of aromatic nitrogens is 1. The average molecular weight is 192 g/mol. The Morgan fingerprint density at radius 2 is 2.43 bits per heavy atom. The molecule has 1 N–H and O–H groups in total. The molecule has 0 aromatic carbocycles. The lowest BCUT2D eigenvalue weighted by Crippen LogP contribution is -2.26. The highest BCUT2D eigenvalue weighted by molar-refractivity contribution is 5.17. The first-order valence-corrected chi connectivity index (χ1v) is 5.13. The first-order chi connectivity index (χ1) is 6.75. The maximum atomic E-state index is 9.09. The van der Waals surface area contributed by atoms with Crippen LogP contribution in [-0.4, -0.2) is 27.6 Å². The van der Waals surface area contributed by atoms with Gasteiger partial charge in [-0.25, -0.2) is 0 Å². The Bertz CT molecular complexity index is 297. The van der Waals surface area contributed by atoms with Crippen LogP contribution in [0.2, 0.25) is 0 Å². The van der Waals surface area contributed by atoms with Crippen LogP contribution in [0.15, 0.2) is 18.3 Å². The number of pyridine rings is 1. The molecule has 2 heterocycles. The molecule has 0 bridgehead atoms. The second kappa shape index (κ2) is 3.96. The van der Waals surface area contributed by atoms with Crippen molar-refractivity contribution in [1.82, 2.24) is 9.88 Å². The minimum atomic E-state index is 0.239. The molecule has 3 nitrogen and oxygen atoms in total. The second-order valence-corrected chi connectivity index (χ2v) is 3.97. The number of aromatic hydroxyl groups is 1. The molecule has 1 atom stereocenters. The van der Waals surface area contributed by atoms with E-state index in [4.69, 9.17) is 5.11 Å². The van der Waals surface area contributed by atoms with E-state index < -0.39 is 0 Å². The van der Waals surface area contributed by atoms with Crippen LogP contribution in [0.25, 0.3) is 0 Å². The zero-order chi connectivity index (χ0) is 9.97. The fourth-order valence-electron chi connectivity index (χ4n) is 1.95. The third-order valence-corrected chi connectivity index (χ3v) is 2.86. The standard InChI is InChI=1S/C11H16N2O/c1-9-3-2-6-13(9)8-10-4-5-11(14)7-12-10/h4-5,7,9,14H,2-3,6,8H2,1H3. The van der Waals surface area contributed by atoms with Gasteiger partial charge in [0, 0.05) is 12.6 Å². The number of hydrogen-bond acceptors (Lipinski definition) is 3. The molecule has 0 amide bonds. The average Bonchev–Trinajstić information content (AvgIpc) is 2.56. The Morgan fingerprint density at radius 3 is 3.00 bits per heavy atom. The van der Waals surface area contributed by atoms with Crippen LogP contribution in [0.1, 0.15) is 25.5 Å². The summed E-state index contributed by atoms with van der Waals surface area (Å²) in [6.07, 6.45) is 4.09. The van der Waals surface area contributed by atoms with Crippen LogP contribution in [0.5, 0.6) is 5.75 Å². The van der Waals surface area contributed by atoms with Crippen LogP contribution in [-0.2, 0) is 6.54 Å². The molecule has 1 unspecified atom stereocenters. The molecule has 0 radical (unpaired) electrons. The zero-order valence-corrected chi connectivity index (χ0v) is 8.48. The number of rotatable bonds is 2. The lowest BCUT2D eigenvalue weighted by Gasteiger charge is -2.20. The summed E-state index contributed by atoms with van der Waals surface area (Å²) in [5.74, 6) is 0.239. The van der Waals surface area contributed by atoms with E-state index in [-0.39, 0.29) is 5.75 Å². The van der Waals surface area contributed by atoms with Gasteiger partial charge < -0.3 is 5.11 Å². The molecule has 1 aliphatic rings. The van der Waals surface area contributed by atoms with Gasteiger partial charge in [0.05, 0.1) is 11.9 Å². The molecular weight excluding hydrogens is 176 g/mol. The number of nitrogens with zero attached hydrogens (tertiary/aromatic N) is 2. The molecule has 3 heteroatoms. The molecular formula is C11H16N2O. The normalized spacial score (nSPS) is 22.8. The first-order valence-electron chi connectivity index (χ1n) is 5.13. The molecule has 2 rings (SSSR count). The van der Waals surface area contributed by atoms with Crippen LogP contribution in [0.3, 0.4) is 0 Å². The van der Waals surface area contributed by atoms with Crippen molar-refractivity contribution in [2.45, 2.75) is 32.4 Å². The number of likely N-dealkylation sites (tertiary alicyclic amines) is 1. The van der Waals surface area contributed by atoms with Crippen molar-refractivity contribution >= 4 is 0 Å². The largest absolute Gasteiger partial charge is 0.506 e. The van der Waals surface area contributed by atoms with E-state index in [1.54, 1.807) is 6.07 Å². The summed E-state index contributed by atoms with van der Waals surface area (Å²) in [7, 11) is 0. The molecule has 0 aliphatic carbocycles. The summed E-state index contributed by atoms with van der Waals surface area (Å²) in [5, 5.41) is 9.09. The number of hydrogen-bond donors (Lipinski definition) is 1. The highest BCUT2D eigenvalue weighted by atomic mass is 16.3. The molecule has 1 aromatic heterocycles. The van der Waals surface area contributed by atoms with Crippen molar-refractivity contribution in [3.8, 4) is 5.75 Å².